The second-order valence-corrected chi connectivity index (χ2v) is 6.29. The van der Waals surface area contributed by atoms with E-state index in [0.717, 1.165) is 0 Å². The lowest BCUT2D eigenvalue weighted by Crippen LogP contribution is -2.27. The van der Waals surface area contributed by atoms with Crippen molar-refractivity contribution in [3.05, 3.63) is 82.7 Å². The number of ether oxygens (including phenoxy) is 4. The van der Waals surface area contributed by atoms with Gasteiger partial charge in [0.2, 0.25) is 5.88 Å². The van der Waals surface area contributed by atoms with E-state index in [0.29, 0.717) is 11.3 Å². The Morgan fingerprint density at radius 3 is 2.60 bits per heavy atom. The van der Waals surface area contributed by atoms with E-state index in [1.165, 1.54) is 32.4 Å². The molecule has 8 heteroatoms. The number of esters is 1. The minimum atomic E-state index is -0.944. The van der Waals surface area contributed by atoms with Crippen LogP contribution in [0, 0.1) is 17.1 Å². The summed E-state index contributed by atoms with van der Waals surface area (Å²) in [5.74, 6) is -1.97. The van der Waals surface area contributed by atoms with Crippen molar-refractivity contribution in [1.29, 1.82) is 5.26 Å². The minimum Gasteiger partial charge on any atom is -0.466 e. The van der Waals surface area contributed by atoms with Gasteiger partial charge in [0.25, 0.3) is 0 Å². The molecule has 1 aliphatic heterocycles. The van der Waals surface area contributed by atoms with Gasteiger partial charge in [-0.2, -0.15) is 5.26 Å². The summed E-state index contributed by atoms with van der Waals surface area (Å²) in [7, 11) is 2.63. The molecule has 7 nitrogen and oxygen atoms in total. The van der Waals surface area contributed by atoms with Crippen molar-refractivity contribution >= 4 is 5.97 Å². The number of para-hydroxylation sites is 1. The Hall–Kier alpha value is -3.83. The Morgan fingerprint density at radius 2 is 1.97 bits per heavy atom. The van der Waals surface area contributed by atoms with Crippen LogP contribution >= 0.6 is 0 Å². The number of carbonyl (C=O) groups excluding carboxylic acids is 1. The SMILES string of the molecule is COCC1=C(C(=O)OC)[C@H](c2ccc(F)c(Oc3ccccc3)c2)C(C#N)=C(N)O1. The smallest absolute Gasteiger partial charge is 0.338 e. The first-order valence-electron chi connectivity index (χ1n) is 8.90. The molecule has 2 N–H and O–H groups in total. The largest absolute Gasteiger partial charge is 0.466 e. The molecule has 2 aromatic rings. The number of benzene rings is 2. The van der Waals surface area contributed by atoms with Gasteiger partial charge in [-0.25, -0.2) is 9.18 Å². The third-order valence-electron chi connectivity index (χ3n) is 4.44. The minimum absolute atomic E-state index is 0.00692. The van der Waals surface area contributed by atoms with Crippen LogP contribution in [0.5, 0.6) is 11.5 Å². The fraction of sp³-hybridized carbons (Fsp3) is 0.182. The highest BCUT2D eigenvalue weighted by molar-refractivity contribution is 5.92. The van der Waals surface area contributed by atoms with Crippen LogP contribution in [-0.2, 0) is 19.0 Å². The maximum Gasteiger partial charge on any atom is 0.338 e. The molecule has 0 radical (unpaired) electrons. The number of nitrogens with two attached hydrogens (primary N) is 1. The van der Waals surface area contributed by atoms with Crippen molar-refractivity contribution in [2.24, 2.45) is 5.73 Å². The van der Waals surface area contributed by atoms with Gasteiger partial charge in [0, 0.05) is 7.11 Å². The molecule has 0 amide bonds. The Labute approximate surface area is 172 Å². The van der Waals surface area contributed by atoms with Gasteiger partial charge in [0.15, 0.2) is 11.6 Å². The van der Waals surface area contributed by atoms with Crippen molar-refractivity contribution < 1.29 is 28.1 Å². The van der Waals surface area contributed by atoms with Crippen LogP contribution in [0.2, 0.25) is 0 Å². The number of nitrogens with zero attached hydrogens (tertiary/aromatic N) is 1. The average molecular weight is 410 g/mol. The van der Waals surface area contributed by atoms with Crippen LogP contribution in [-0.4, -0.2) is 26.8 Å². The number of methoxy groups -OCH3 is 2. The van der Waals surface area contributed by atoms with E-state index < -0.39 is 17.7 Å². The Balaban J connectivity index is 2.14. The normalized spacial score (nSPS) is 16.0. The molecule has 0 bridgehead atoms. The summed E-state index contributed by atoms with van der Waals surface area (Å²) in [6.07, 6.45) is 0. The number of allylic oxidation sites excluding steroid dienone is 1. The zero-order valence-corrected chi connectivity index (χ0v) is 16.3. The highest BCUT2D eigenvalue weighted by Gasteiger charge is 2.37. The Bertz CT molecular complexity index is 1060. The molecule has 0 saturated carbocycles. The topological polar surface area (TPSA) is 104 Å². The van der Waals surface area contributed by atoms with Gasteiger partial charge in [-0.3, -0.25) is 0 Å². The van der Waals surface area contributed by atoms with Crippen LogP contribution in [0.3, 0.4) is 0 Å². The molecule has 1 aliphatic rings. The summed E-state index contributed by atoms with van der Waals surface area (Å²) in [6, 6.07) is 14.7. The van der Waals surface area contributed by atoms with E-state index in [1.54, 1.807) is 30.3 Å². The Morgan fingerprint density at radius 1 is 1.23 bits per heavy atom. The average Bonchev–Trinajstić information content (AvgIpc) is 2.75. The summed E-state index contributed by atoms with van der Waals surface area (Å²) in [4.78, 5) is 12.6. The molecule has 0 fully saturated rings. The highest BCUT2D eigenvalue weighted by Crippen LogP contribution is 2.41. The monoisotopic (exact) mass is 410 g/mol. The lowest BCUT2D eigenvalue weighted by Gasteiger charge is -2.27. The first-order chi connectivity index (χ1) is 14.5. The molecule has 2 aromatic carbocycles. The van der Waals surface area contributed by atoms with Gasteiger partial charge >= 0.3 is 5.97 Å². The molecule has 0 aromatic heterocycles. The van der Waals surface area contributed by atoms with Crippen LogP contribution < -0.4 is 10.5 Å². The van der Waals surface area contributed by atoms with E-state index in [9.17, 15) is 14.4 Å². The fourth-order valence-corrected chi connectivity index (χ4v) is 3.12. The second-order valence-electron chi connectivity index (χ2n) is 6.29. The molecule has 30 heavy (non-hydrogen) atoms. The van der Waals surface area contributed by atoms with Crippen molar-refractivity contribution in [3.63, 3.8) is 0 Å². The van der Waals surface area contributed by atoms with Crippen molar-refractivity contribution in [1.82, 2.24) is 0 Å². The van der Waals surface area contributed by atoms with E-state index >= 15 is 0 Å². The first-order valence-corrected chi connectivity index (χ1v) is 8.90. The first kappa shape index (κ1) is 20.9. The maximum absolute atomic E-state index is 14.4. The van der Waals surface area contributed by atoms with E-state index in [2.05, 4.69) is 0 Å². The fourth-order valence-electron chi connectivity index (χ4n) is 3.12. The van der Waals surface area contributed by atoms with Gasteiger partial charge in [-0.1, -0.05) is 24.3 Å². The van der Waals surface area contributed by atoms with Gasteiger partial charge in [-0.05, 0) is 29.8 Å². The predicted molar refractivity (Wildman–Crippen MR) is 104 cm³/mol. The summed E-state index contributed by atoms with van der Waals surface area (Å²) in [5.41, 5.74) is 6.36. The van der Waals surface area contributed by atoms with E-state index in [1.807, 2.05) is 6.07 Å². The molecule has 1 heterocycles. The van der Waals surface area contributed by atoms with Crippen LogP contribution in [0.4, 0.5) is 4.39 Å². The lowest BCUT2D eigenvalue weighted by molar-refractivity contribution is -0.136. The van der Waals surface area contributed by atoms with Gasteiger partial charge in [0.1, 0.15) is 29.8 Å². The molecule has 0 unspecified atom stereocenters. The molecular weight excluding hydrogens is 391 g/mol. The third-order valence-corrected chi connectivity index (χ3v) is 4.44. The molecule has 154 valence electrons. The number of nitriles is 1. The van der Waals surface area contributed by atoms with E-state index in [4.69, 9.17) is 24.7 Å². The summed E-state index contributed by atoms with van der Waals surface area (Å²) in [5, 5.41) is 9.66. The van der Waals surface area contributed by atoms with Crippen molar-refractivity contribution in [3.8, 4) is 17.6 Å². The number of carbonyl (C=O) groups is 1. The number of halogens is 1. The molecule has 3 rings (SSSR count). The lowest BCUT2D eigenvalue weighted by atomic mass is 9.83. The van der Waals surface area contributed by atoms with E-state index in [-0.39, 0.29) is 35.1 Å². The number of hydrogen-bond donors (Lipinski definition) is 1. The molecule has 0 aliphatic carbocycles. The second kappa shape index (κ2) is 9.11. The van der Waals surface area contributed by atoms with Gasteiger partial charge < -0.3 is 24.7 Å². The number of hydrogen-bond acceptors (Lipinski definition) is 7. The maximum atomic E-state index is 14.4. The van der Waals surface area contributed by atoms with Crippen LogP contribution in [0.1, 0.15) is 11.5 Å². The zero-order chi connectivity index (χ0) is 21.7. The summed E-state index contributed by atoms with van der Waals surface area (Å²) in [6.45, 7) is -0.0745. The zero-order valence-electron chi connectivity index (χ0n) is 16.3. The summed E-state index contributed by atoms with van der Waals surface area (Å²) < 4.78 is 35.5. The Kier molecular flexibility index (Phi) is 6.35. The third kappa shape index (κ3) is 4.11. The highest BCUT2D eigenvalue weighted by atomic mass is 19.1. The van der Waals surface area contributed by atoms with Crippen LogP contribution in [0.15, 0.2) is 71.3 Å². The molecule has 0 saturated heterocycles. The van der Waals surface area contributed by atoms with Gasteiger partial charge in [-0.15, -0.1) is 0 Å². The van der Waals surface area contributed by atoms with Crippen molar-refractivity contribution in [2.75, 3.05) is 20.8 Å². The van der Waals surface area contributed by atoms with Crippen LogP contribution in [0.25, 0.3) is 0 Å². The summed E-state index contributed by atoms with van der Waals surface area (Å²) >= 11 is 0. The molecular formula is C22H19FN2O5. The van der Waals surface area contributed by atoms with Crippen molar-refractivity contribution in [2.45, 2.75) is 5.92 Å². The van der Waals surface area contributed by atoms with Gasteiger partial charge in [0.05, 0.1) is 18.6 Å². The number of rotatable bonds is 6. The molecule has 1 atom stereocenters. The standard InChI is InChI=1S/C22H19FN2O5/c1-27-12-18-20(22(26)28-2)19(15(11-24)21(25)30-18)13-8-9-16(23)17(10-13)29-14-6-4-3-5-7-14/h3-10,19H,12,25H2,1-2H3/t19-/m1/s1. The quantitative estimate of drug-likeness (QED) is 0.727. The molecule has 0 spiro atoms. The predicted octanol–water partition coefficient (Wildman–Crippen LogP) is 3.50.